The van der Waals surface area contributed by atoms with Gasteiger partial charge < -0.3 is 15.5 Å². The molecule has 3 N–H and O–H groups in total. The molecular weight excluding hydrogens is 224 g/mol. The lowest BCUT2D eigenvalue weighted by Gasteiger charge is -2.03. The van der Waals surface area contributed by atoms with E-state index in [4.69, 9.17) is 10.5 Å². The molecule has 0 bridgehead atoms. The number of hydrogen-bond donors (Lipinski definition) is 2. The van der Waals surface area contributed by atoms with E-state index in [9.17, 15) is 10.1 Å². The highest BCUT2D eigenvalue weighted by atomic mass is 16.6. The van der Waals surface area contributed by atoms with Gasteiger partial charge in [-0.3, -0.25) is 10.1 Å². The van der Waals surface area contributed by atoms with E-state index in [1.165, 1.54) is 19.4 Å². The summed E-state index contributed by atoms with van der Waals surface area (Å²) in [6, 6.07) is 4.58. The average molecular weight is 234 g/mol. The predicted molar refractivity (Wildman–Crippen MR) is 61.6 cm³/mol. The molecule has 0 fully saturated rings. The van der Waals surface area contributed by atoms with Gasteiger partial charge in [0.25, 0.3) is 5.69 Å². The van der Waals surface area contributed by atoms with E-state index in [0.29, 0.717) is 17.0 Å². The first-order valence-corrected chi connectivity index (χ1v) is 4.75. The van der Waals surface area contributed by atoms with Gasteiger partial charge in [-0.2, -0.15) is 0 Å². The number of aromatic nitrogens is 2. The van der Waals surface area contributed by atoms with E-state index in [1.54, 1.807) is 12.1 Å². The van der Waals surface area contributed by atoms with E-state index >= 15 is 0 Å². The number of aromatic amines is 1. The standard InChI is InChI=1S/C10H10N4O3/c1-17-6-2-3-7(9(4-6)14(15)16)8-5-12-10(11)13-8/h2-5H,1H3,(H3,11,12,13). The third kappa shape index (κ3) is 2.03. The zero-order chi connectivity index (χ0) is 12.4. The zero-order valence-electron chi connectivity index (χ0n) is 9.01. The Balaban J connectivity index is 2.57. The molecule has 0 saturated carbocycles. The maximum Gasteiger partial charge on any atom is 0.282 e. The number of nitrogen functional groups attached to an aromatic ring is 1. The van der Waals surface area contributed by atoms with E-state index in [2.05, 4.69) is 9.97 Å². The fourth-order valence-corrected chi connectivity index (χ4v) is 1.49. The zero-order valence-corrected chi connectivity index (χ0v) is 9.01. The molecule has 17 heavy (non-hydrogen) atoms. The molecule has 2 aromatic rings. The molecule has 1 aromatic heterocycles. The van der Waals surface area contributed by atoms with Crippen molar-refractivity contribution in [1.82, 2.24) is 9.97 Å². The van der Waals surface area contributed by atoms with Crippen LogP contribution in [-0.4, -0.2) is 22.0 Å². The summed E-state index contributed by atoms with van der Waals surface area (Å²) < 4.78 is 4.95. The minimum atomic E-state index is -0.477. The number of ether oxygens (including phenoxy) is 1. The quantitative estimate of drug-likeness (QED) is 0.619. The van der Waals surface area contributed by atoms with Gasteiger partial charge in [0.05, 0.1) is 35.6 Å². The SMILES string of the molecule is COc1ccc(-c2cnc(N)[nH]2)c([N+](=O)[O-])c1. The number of benzene rings is 1. The van der Waals surface area contributed by atoms with Crippen LogP contribution in [0.4, 0.5) is 11.6 Å². The first kappa shape index (κ1) is 10.9. The van der Waals surface area contributed by atoms with Crippen molar-refractivity contribution in [2.24, 2.45) is 0 Å². The molecule has 1 aromatic carbocycles. The Bertz CT molecular complexity index is 564. The van der Waals surface area contributed by atoms with E-state index in [0.717, 1.165) is 0 Å². The van der Waals surface area contributed by atoms with Crippen molar-refractivity contribution in [3.05, 3.63) is 34.5 Å². The molecule has 7 nitrogen and oxygen atoms in total. The van der Waals surface area contributed by atoms with Gasteiger partial charge >= 0.3 is 0 Å². The number of nitro benzene ring substituents is 1. The van der Waals surface area contributed by atoms with Crippen LogP contribution in [0, 0.1) is 10.1 Å². The summed E-state index contributed by atoms with van der Waals surface area (Å²) in [5, 5.41) is 11.0. The van der Waals surface area contributed by atoms with Gasteiger partial charge in [-0.15, -0.1) is 0 Å². The van der Waals surface area contributed by atoms with Crippen LogP contribution in [-0.2, 0) is 0 Å². The predicted octanol–water partition coefficient (Wildman–Crippen LogP) is 1.58. The minimum Gasteiger partial charge on any atom is -0.497 e. The Morgan fingerprint density at radius 3 is 2.82 bits per heavy atom. The van der Waals surface area contributed by atoms with Crippen molar-refractivity contribution in [1.29, 1.82) is 0 Å². The highest BCUT2D eigenvalue weighted by Crippen LogP contribution is 2.32. The number of hydrogen-bond acceptors (Lipinski definition) is 5. The number of anilines is 1. The molecule has 0 unspecified atom stereocenters. The number of nitrogens with one attached hydrogen (secondary N) is 1. The lowest BCUT2D eigenvalue weighted by Crippen LogP contribution is -1.94. The molecule has 7 heteroatoms. The van der Waals surface area contributed by atoms with Crippen LogP contribution in [0.5, 0.6) is 5.75 Å². The average Bonchev–Trinajstić information content (AvgIpc) is 2.75. The van der Waals surface area contributed by atoms with Gasteiger partial charge in [-0.05, 0) is 12.1 Å². The molecule has 2 rings (SSSR count). The summed E-state index contributed by atoms with van der Waals surface area (Å²) in [5.41, 5.74) is 6.29. The first-order chi connectivity index (χ1) is 8.11. The normalized spacial score (nSPS) is 10.2. The number of nitrogens with two attached hydrogens (primary N) is 1. The van der Waals surface area contributed by atoms with Crippen LogP contribution >= 0.6 is 0 Å². The molecule has 0 aliphatic heterocycles. The number of nitro groups is 1. The van der Waals surface area contributed by atoms with Gasteiger partial charge in [0.15, 0.2) is 5.95 Å². The number of nitrogens with zero attached hydrogens (tertiary/aromatic N) is 2. The highest BCUT2D eigenvalue weighted by Gasteiger charge is 2.17. The number of rotatable bonds is 3. The maximum atomic E-state index is 11.0. The molecule has 0 aliphatic rings. The number of H-pyrrole nitrogens is 1. The minimum absolute atomic E-state index is 0.0620. The summed E-state index contributed by atoms with van der Waals surface area (Å²) in [6.45, 7) is 0. The first-order valence-electron chi connectivity index (χ1n) is 4.75. The van der Waals surface area contributed by atoms with Crippen LogP contribution in [0.25, 0.3) is 11.3 Å². The van der Waals surface area contributed by atoms with E-state index in [-0.39, 0.29) is 11.6 Å². The Morgan fingerprint density at radius 2 is 2.29 bits per heavy atom. The fourth-order valence-electron chi connectivity index (χ4n) is 1.49. The molecule has 0 spiro atoms. The topological polar surface area (TPSA) is 107 Å². The monoisotopic (exact) mass is 234 g/mol. The number of methoxy groups -OCH3 is 1. The van der Waals surface area contributed by atoms with Crippen LogP contribution in [0.2, 0.25) is 0 Å². The summed E-state index contributed by atoms with van der Waals surface area (Å²) in [7, 11) is 1.45. The van der Waals surface area contributed by atoms with E-state index in [1.807, 2.05) is 0 Å². The molecule has 88 valence electrons. The van der Waals surface area contributed by atoms with Gasteiger partial charge in [0.1, 0.15) is 5.75 Å². The van der Waals surface area contributed by atoms with Crippen molar-refractivity contribution in [2.75, 3.05) is 12.8 Å². The second-order valence-electron chi connectivity index (χ2n) is 3.32. The Labute approximate surface area is 96.4 Å². The molecule has 1 heterocycles. The molecule has 0 aliphatic carbocycles. The van der Waals surface area contributed by atoms with Crippen molar-refractivity contribution in [3.63, 3.8) is 0 Å². The third-order valence-corrected chi connectivity index (χ3v) is 2.29. The Hall–Kier alpha value is -2.57. The highest BCUT2D eigenvalue weighted by molar-refractivity contribution is 5.72. The smallest absolute Gasteiger partial charge is 0.282 e. The van der Waals surface area contributed by atoms with Crippen LogP contribution in [0.3, 0.4) is 0 Å². The summed E-state index contributed by atoms with van der Waals surface area (Å²) in [4.78, 5) is 17.0. The molecule has 0 atom stereocenters. The van der Waals surface area contributed by atoms with Crippen LogP contribution < -0.4 is 10.5 Å². The summed E-state index contributed by atoms with van der Waals surface area (Å²) >= 11 is 0. The lowest BCUT2D eigenvalue weighted by molar-refractivity contribution is -0.384. The van der Waals surface area contributed by atoms with Gasteiger partial charge in [0.2, 0.25) is 0 Å². The summed E-state index contributed by atoms with van der Waals surface area (Å²) in [6.07, 6.45) is 1.45. The second-order valence-corrected chi connectivity index (χ2v) is 3.32. The van der Waals surface area contributed by atoms with Gasteiger partial charge in [-0.25, -0.2) is 4.98 Å². The largest absolute Gasteiger partial charge is 0.497 e. The molecule has 0 saturated heterocycles. The molecule has 0 amide bonds. The van der Waals surface area contributed by atoms with Gasteiger partial charge in [0, 0.05) is 0 Å². The number of imidazole rings is 1. The van der Waals surface area contributed by atoms with Gasteiger partial charge in [-0.1, -0.05) is 0 Å². The molecular formula is C10H10N4O3. The van der Waals surface area contributed by atoms with Crippen LogP contribution in [0.15, 0.2) is 24.4 Å². The molecule has 0 radical (unpaired) electrons. The second kappa shape index (κ2) is 4.12. The summed E-state index contributed by atoms with van der Waals surface area (Å²) in [5.74, 6) is 0.637. The van der Waals surface area contributed by atoms with E-state index < -0.39 is 4.92 Å². The van der Waals surface area contributed by atoms with Crippen molar-refractivity contribution >= 4 is 11.6 Å². The van der Waals surface area contributed by atoms with Crippen molar-refractivity contribution < 1.29 is 9.66 Å². The Morgan fingerprint density at radius 1 is 1.53 bits per heavy atom. The lowest BCUT2D eigenvalue weighted by atomic mass is 10.1. The fraction of sp³-hybridized carbons (Fsp3) is 0.100. The Kier molecular flexibility index (Phi) is 2.65. The van der Waals surface area contributed by atoms with Crippen molar-refractivity contribution in [3.8, 4) is 17.0 Å². The van der Waals surface area contributed by atoms with Crippen molar-refractivity contribution in [2.45, 2.75) is 0 Å². The third-order valence-electron chi connectivity index (χ3n) is 2.29. The van der Waals surface area contributed by atoms with Crippen LogP contribution in [0.1, 0.15) is 0 Å². The maximum absolute atomic E-state index is 11.0.